The lowest BCUT2D eigenvalue weighted by Gasteiger charge is -2.14. The lowest BCUT2D eigenvalue weighted by Crippen LogP contribution is -2.22. The fourth-order valence-electron chi connectivity index (χ4n) is 3.75. The SMILES string of the molecule is CC(Sc1cccc(NC(=O)c2cccc3cccc(C(=O)O)c23)c1)C(=O)Nc1ccc(C(=O)O)cc1. The fraction of sp³-hybridized carbons (Fsp3) is 0.0714. The zero-order chi connectivity index (χ0) is 26.5. The number of hydrogen-bond acceptors (Lipinski definition) is 5. The second-order valence-electron chi connectivity index (χ2n) is 8.13. The van der Waals surface area contributed by atoms with Crippen molar-refractivity contribution in [2.24, 2.45) is 0 Å². The maximum atomic E-state index is 13.1. The van der Waals surface area contributed by atoms with E-state index in [-0.39, 0.29) is 22.6 Å². The Bertz CT molecular complexity index is 1510. The molecule has 4 rings (SSSR count). The number of hydrogen-bond donors (Lipinski definition) is 4. The van der Waals surface area contributed by atoms with E-state index in [0.717, 1.165) is 4.90 Å². The molecule has 4 aromatic carbocycles. The topological polar surface area (TPSA) is 133 Å². The molecule has 0 aliphatic rings. The number of aromatic carboxylic acids is 2. The minimum Gasteiger partial charge on any atom is -0.478 e. The van der Waals surface area contributed by atoms with Crippen LogP contribution in [0.3, 0.4) is 0 Å². The van der Waals surface area contributed by atoms with E-state index in [2.05, 4.69) is 10.6 Å². The van der Waals surface area contributed by atoms with Gasteiger partial charge in [0.15, 0.2) is 0 Å². The first-order valence-electron chi connectivity index (χ1n) is 11.2. The number of carbonyl (C=O) groups is 4. The van der Waals surface area contributed by atoms with Crippen molar-refractivity contribution < 1.29 is 29.4 Å². The number of carbonyl (C=O) groups excluding carboxylic acids is 2. The Morgan fingerprint density at radius 3 is 2.03 bits per heavy atom. The van der Waals surface area contributed by atoms with Gasteiger partial charge in [-0.1, -0.05) is 30.3 Å². The predicted molar refractivity (Wildman–Crippen MR) is 143 cm³/mol. The highest BCUT2D eigenvalue weighted by Gasteiger charge is 2.18. The van der Waals surface area contributed by atoms with Crippen molar-refractivity contribution in [2.45, 2.75) is 17.1 Å². The van der Waals surface area contributed by atoms with E-state index in [1.165, 1.54) is 42.1 Å². The van der Waals surface area contributed by atoms with Crippen LogP contribution >= 0.6 is 11.8 Å². The summed E-state index contributed by atoms with van der Waals surface area (Å²) in [5.74, 6) is -2.87. The molecule has 0 saturated carbocycles. The molecule has 0 heterocycles. The van der Waals surface area contributed by atoms with Gasteiger partial charge >= 0.3 is 11.9 Å². The molecule has 186 valence electrons. The van der Waals surface area contributed by atoms with E-state index in [0.29, 0.717) is 22.1 Å². The van der Waals surface area contributed by atoms with Gasteiger partial charge in [0, 0.05) is 27.2 Å². The van der Waals surface area contributed by atoms with Crippen LogP contribution in [0.15, 0.2) is 89.8 Å². The molecule has 0 fully saturated rings. The van der Waals surface area contributed by atoms with E-state index in [9.17, 15) is 24.3 Å². The third-order valence-electron chi connectivity index (χ3n) is 5.55. The number of benzene rings is 4. The highest BCUT2D eigenvalue weighted by molar-refractivity contribution is 8.00. The summed E-state index contributed by atoms with van der Waals surface area (Å²) in [6.45, 7) is 1.74. The summed E-state index contributed by atoms with van der Waals surface area (Å²) in [7, 11) is 0. The van der Waals surface area contributed by atoms with E-state index < -0.39 is 23.1 Å². The highest BCUT2D eigenvalue weighted by atomic mass is 32.2. The standard InChI is InChI=1S/C28H22N2O6S/c1-16(25(31)29-19-13-11-18(12-14-19)27(33)34)37-21-8-4-7-20(15-21)30-26(32)22-9-2-5-17-6-3-10-23(24(17)22)28(35)36/h2-16H,1H3,(H,29,31)(H,30,32)(H,33,34)(H,35,36). The van der Waals surface area contributed by atoms with Crippen molar-refractivity contribution in [3.05, 3.63) is 102 Å². The number of fused-ring (bicyclic) bond motifs is 1. The van der Waals surface area contributed by atoms with Crippen LogP contribution in [0.25, 0.3) is 10.8 Å². The molecule has 1 unspecified atom stereocenters. The van der Waals surface area contributed by atoms with Crippen molar-refractivity contribution >= 4 is 57.7 Å². The highest BCUT2D eigenvalue weighted by Crippen LogP contribution is 2.28. The predicted octanol–water partition coefficient (Wildman–Crippen LogP) is 5.61. The largest absolute Gasteiger partial charge is 0.478 e. The third-order valence-corrected chi connectivity index (χ3v) is 6.65. The maximum Gasteiger partial charge on any atom is 0.336 e. The van der Waals surface area contributed by atoms with Crippen molar-refractivity contribution in [1.29, 1.82) is 0 Å². The molecular formula is C28H22N2O6S. The minimum atomic E-state index is -1.12. The van der Waals surface area contributed by atoms with E-state index in [1.807, 2.05) is 6.07 Å². The third kappa shape index (κ3) is 5.96. The van der Waals surface area contributed by atoms with Gasteiger partial charge in [-0.25, -0.2) is 9.59 Å². The molecule has 2 amide bonds. The van der Waals surface area contributed by atoms with Gasteiger partial charge in [-0.05, 0) is 66.9 Å². The smallest absolute Gasteiger partial charge is 0.336 e. The molecule has 0 aliphatic carbocycles. The molecule has 0 aliphatic heterocycles. The van der Waals surface area contributed by atoms with Gasteiger partial charge < -0.3 is 20.8 Å². The number of thioether (sulfide) groups is 1. The van der Waals surface area contributed by atoms with E-state index in [1.54, 1.807) is 55.5 Å². The lowest BCUT2D eigenvalue weighted by molar-refractivity contribution is -0.115. The summed E-state index contributed by atoms with van der Waals surface area (Å²) in [6, 6.07) is 22.8. The van der Waals surface area contributed by atoms with Crippen LogP contribution < -0.4 is 10.6 Å². The molecule has 0 aromatic heterocycles. The monoisotopic (exact) mass is 514 g/mol. The van der Waals surface area contributed by atoms with Gasteiger partial charge in [-0.2, -0.15) is 0 Å². The number of anilines is 2. The molecule has 0 bridgehead atoms. The maximum absolute atomic E-state index is 13.1. The first-order chi connectivity index (χ1) is 17.7. The Morgan fingerprint density at radius 2 is 1.38 bits per heavy atom. The van der Waals surface area contributed by atoms with E-state index in [4.69, 9.17) is 5.11 Å². The molecule has 1 atom stereocenters. The average molecular weight is 515 g/mol. The normalized spacial score (nSPS) is 11.5. The number of carboxylic acid groups (broad SMARTS) is 2. The van der Waals surface area contributed by atoms with Crippen molar-refractivity contribution in [2.75, 3.05) is 10.6 Å². The van der Waals surface area contributed by atoms with Gasteiger partial charge in [0.1, 0.15) is 0 Å². The number of nitrogens with one attached hydrogen (secondary N) is 2. The molecule has 0 radical (unpaired) electrons. The van der Waals surface area contributed by atoms with Crippen LogP contribution in [0.5, 0.6) is 0 Å². The summed E-state index contributed by atoms with van der Waals surface area (Å²) < 4.78 is 0. The van der Waals surface area contributed by atoms with Gasteiger partial charge in [-0.15, -0.1) is 11.8 Å². The van der Waals surface area contributed by atoms with Gasteiger partial charge in [-0.3, -0.25) is 9.59 Å². The second kappa shape index (κ2) is 11.0. The summed E-state index contributed by atoms with van der Waals surface area (Å²) in [5, 5.41) is 24.7. The summed E-state index contributed by atoms with van der Waals surface area (Å²) >= 11 is 1.29. The second-order valence-corrected chi connectivity index (χ2v) is 9.54. The zero-order valence-corrected chi connectivity index (χ0v) is 20.4. The van der Waals surface area contributed by atoms with Crippen LogP contribution in [0.2, 0.25) is 0 Å². The minimum absolute atomic E-state index is 0.0463. The Labute approximate surface area is 216 Å². The number of rotatable bonds is 8. The molecule has 4 N–H and O–H groups in total. The number of carboxylic acids is 2. The number of amides is 2. The van der Waals surface area contributed by atoms with Crippen molar-refractivity contribution in [3.63, 3.8) is 0 Å². The van der Waals surface area contributed by atoms with Gasteiger partial charge in [0.25, 0.3) is 5.91 Å². The molecule has 0 spiro atoms. The molecule has 8 nitrogen and oxygen atoms in total. The van der Waals surface area contributed by atoms with Crippen LogP contribution in [0.1, 0.15) is 38.0 Å². The zero-order valence-electron chi connectivity index (χ0n) is 19.6. The summed E-state index contributed by atoms with van der Waals surface area (Å²) in [6.07, 6.45) is 0. The van der Waals surface area contributed by atoms with E-state index >= 15 is 0 Å². The molecular weight excluding hydrogens is 492 g/mol. The molecule has 0 saturated heterocycles. The van der Waals surface area contributed by atoms with Crippen molar-refractivity contribution in [3.8, 4) is 0 Å². The fourth-order valence-corrected chi connectivity index (χ4v) is 4.68. The van der Waals surface area contributed by atoms with Crippen LogP contribution in [0.4, 0.5) is 11.4 Å². The Kier molecular flexibility index (Phi) is 7.55. The first kappa shape index (κ1) is 25.5. The quantitative estimate of drug-likeness (QED) is 0.225. The molecule has 4 aromatic rings. The van der Waals surface area contributed by atoms with Crippen LogP contribution in [0, 0.1) is 0 Å². The molecule has 9 heteroatoms. The first-order valence-corrected chi connectivity index (χ1v) is 12.1. The Balaban J connectivity index is 1.46. The van der Waals surface area contributed by atoms with Gasteiger partial charge in [0.05, 0.1) is 16.4 Å². The van der Waals surface area contributed by atoms with Crippen LogP contribution in [-0.4, -0.2) is 39.2 Å². The Hall–Kier alpha value is -4.63. The Morgan fingerprint density at radius 1 is 0.730 bits per heavy atom. The summed E-state index contributed by atoms with van der Waals surface area (Å²) in [5.41, 5.74) is 1.40. The van der Waals surface area contributed by atoms with Gasteiger partial charge in [0.2, 0.25) is 5.91 Å². The van der Waals surface area contributed by atoms with Crippen LogP contribution in [-0.2, 0) is 4.79 Å². The lowest BCUT2D eigenvalue weighted by atomic mass is 9.98. The molecule has 37 heavy (non-hydrogen) atoms. The van der Waals surface area contributed by atoms with Crippen molar-refractivity contribution in [1.82, 2.24) is 0 Å². The summed E-state index contributed by atoms with van der Waals surface area (Å²) in [4.78, 5) is 49.2. The average Bonchev–Trinajstić information content (AvgIpc) is 2.88.